The molecule has 4 heteroatoms. The summed E-state index contributed by atoms with van der Waals surface area (Å²) >= 11 is 0. The van der Waals surface area contributed by atoms with Gasteiger partial charge < -0.3 is 9.47 Å². The van der Waals surface area contributed by atoms with Crippen LogP contribution in [-0.2, 0) is 16.1 Å². The SMILES string of the molecule is Cc1cccc(COC(=O)c2ccccc2C(=O)OCC(C)C)c1. The summed E-state index contributed by atoms with van der Waals surface area (Å²) < 4.78 is 10.6. The molecule has 0 saturated carbocycles. The Labute approximate surface area is 142 Å². The first-order chi connectivity index (χ1) is 11.5. The van der Waals surface area contributed by atoms with Crippen LogP contribution in [0.5, 0.6) is 0 Å². The third kappa shape index (κ3) is 4.95. The maximum Gasteiger partial charge on any atom is 0.339 e. The van der Waals surface area contributed by atoms with E-state index in [2.05, 4.69) is 0 Å². The molecule has 0 saturated heterocycles. The van der Waals surface area contributed by atoms with Crippen LogP contribution in [0.1, 0.15) is 45.7 Å². The maximum absolute atomic E-state index is 12.3. The number of hydrogen-bond acceptors (Lipinski definition) is 4. The molecule has 0 aromatic heterocycles. The van der Waals surface area contributed by atoms with Crippen LogP contribution in [0, 0.1) is 12.8 Å². The summed E-state index contributed by atoms with van der Waals surface area (Å²) in [4.78, 5) is 24.5. The van der Waals surface area contributed by atoms with Crippen molar-refractivity contribution in [1.82, 2.24) is 0 Å². The number of carbonyl (C=O) groups is 2. The summed E-state index contributed by atoms with van der Waals surface area (Å²) in [5, 5.41) is 0. The van der Waals surface area contributed by atoms with Crippen molar-refractivity contribution in [3.63, 3.8) is 0 Å². The fraction of sp³-hybridized carbons (Fsp3) is 0.300. The summed E-state index contributed by atoms with van der Waals surface area (Å²) in [6, 6.07) is 14.3. The summed E-state index contributed by atoms with van der Waals surface area (Å²) in [6.07, 6.45) is 0. The van der Waals surface area contributed by atoms with E-state index in [4.69, 9.17) is 9.47 Å². The molecule has 2 rings (SSSR count). The molecule has 0 heterocycles. The first kappa shape index (κ1) is 17.7. The predicted molar refractivity (Wildman–Crippen MR) is 91.9 cm³/mol. The van der Waals surface area contributed by atoms with Crippen molar-refractivity contribution in [3.05, 3.63) is 70.8 Å². The first-order valence-corrected chi connectivity index (χ1v) is 7.96. The number of ether oxygens (including phenoxy) is 2. The maximum atomic E-state index is 12.3. The summed E-state index contributed by atoms with van der Waals surface area (Å²) in [6.45, 7) is 6.36. The standard InChI is InChI=1S/C20H22O4/c1-14(2)12-23-19(21)17-9-4-5-10-18(17)20(22)24-13-16-8-6-7-15(3)11-16/h4-11,14H,12-13H2,1-3H3. The molecule has 0 amide bonds. The van der Waals surface area contributed by atoms with Crippen molar-refractivity contribution in [2.75, 3.05) is 6.61 Å². The molecular formula is C20H22O4. The van der Waals surface area contributed by atoms with Gasteiger partial charge in [0.05, 0.1) is 17.7 Å². The second kappa shape index (κ2) is 8.29. The van der Waals surface area contributed by atoms with Gasteiger partial charge in [0, 0.05) is 0 Å². The Kier molecular flexibility index (Phi) is 6.13. The molecule has 0 radical (unpaired) electrons. The van der Waals surface area contributed by atoms with E-state index in [1.807, 2.05) is 45.0 Å². The lowest BCUT2D eigenvalue weighted by molar-refractivity contribution is 0.0418. The molecule has 0 unspecified atom stereocenters. The van der Waals surface area contributed by atoms with E-state index in [0.717, 1.165) is 11.1 Å². The molecule has 2 aromatic rings. The van der Waals surface area contributed by atoms with Gasteiger partial charge in [0.1, 0.15) is 6.61 Å². The molecule has 24 heavy (non-hydrogen) atoms. The number of carbonyl (C=O) groups excluding carboxylic acids is 2. The van der Waals surface area contributed by atoms with Gasteiger partial charge in [-0.25, -0.2) is 9.59 Å². The Bertz CT molecular complexity index is 719. The van der Waals surface area contributed by atoms with Crippen LogP contribution in [0.2, 0.25) is 0 Å². The molecule has 0 atom stereocenters. The van der Waals surface area contributed by atoms with E-state index < -0.39 is 11.9 Å². The van der Waals surface area contributed by atoms with Crippen LogP contribution in [-0.4, -0.2) is 18.5 Å². The van der Waals surface area contributed by atoms with Crippen molar-refractivity contribution in [2.45, 2.75) is 27.4 Å². The molecule has 126 valence electrons. The molecule has 0 aliphatic heterocycles. The van der Waals surface area contributed by atoms with E-state index in [1.165, 1.54) is 0 Å². The highest BCUT2D eigenvalue weighted by Crippen LogP contribution is 2.14. The summed E-state index contributed by atoms with van der Waals surface area (Å²) in [5.74, 6) is -0.810. The predicted octanol–water partition coefficient (Wildman–Crippen LogP) is 4.16. The molecule has 0 aliphatic carbocycles. The summed E-state index contributed by atoms with van der Waals surface area (Å²) in [5.41, 5.74) is 2.45. The monoisotopic (exact) mass is 326 g/mol. The van der Waals surface area contributed by atoms with Gasteiger partial charge in [0.2, 0.25) is 0 Å². The van der Waals surface area contributed by atoms with Crippen LogP contribution in [0.4, 0.5) is 0 Å². The van der Waals surface area contributed by atoms with Crippen LogP contribution < -0.4 is 0 Å². The van der Waals surface area contributed by atoms with E-state index in [1.54, 1.807) is 24.3 Å². The van der Waals surface area contributed by atoms with Crippen LogP contribution in [0.15, 0.2) is 48.5 Å². The van der Waals surface area contributed by atoms with Gasteiger partial charge in [-0.1, -0.05) is 55.8 Å². The van der Waals surface area contributed by atoms with Crippen molar-refractivity contribution in [1.29, 1.82) is 0 Å². The van der Waals surface area contributed by atoms with Gasteiger partial charge in [-0.05, 0) is 30.5 Å². The smallest absolute Gasteiger partial charge is 0.339 e. The highest BCUT2D eigenvalue weighted by molar-refractivity contribution is 6.03. The topological polar surface area (TPSA) is 52.6 Å². The minimum atomic E-state index is -0.534. The molecular weight excluding hydrogens is 304 g/mol. The number of benzene rings is 2. The Balaban J connectivity index is 2.07. The van der Waals surface area contributed by atoms with Gasteiger partial charge in [-0.3, -0.25) is 0 Å². The quantitative estimate of drug-likeness (QED) is 0.748. The average molecular weight is 326 g/mol. The van der Waals surface area contributed by atoms with Crippen LogP contribution >= 0.6 is 0 Å². The fourth-order valence-corrected chi connectivity index (χ4v) is 2.19. The van der Waals surface area contributed by atoms with Gasteiger partial charge in [-0.15, -0.1) is 0 Å². The van der Waals surface area contributed by atoms with E-state index in [9.17, 15) is 9.59 Å². The number of hydrogen-bond donors (Lipinski definition) is 0. The molecule has 0 fully saturated rings. The Morgan fingerprint density at radius 1 is 0.917 bits per heavy atom. The lowest BCUT2D eigenvalue weighted by atomic mass is 10.1. The normalized spacial score (nSPS) is 10.5. The Morgan fingerprint density at radius 2 is 1.54 bits per heavy atom. The van der Waals surface area contributed by atoms with Crippen LogP contribution in [0.25, 0.3) is 0 Å². The second-order valence-electron chi connectivity index (χ2n) is 6.10. The van der Waals surface area contributed by atoms with Crippen molar-refractivity contribution >= 4 is 11.9 Å². The highest BCUT2D eigenvalue weighted by Gasteiger charge is 2.19. The van der Waals surface area contributed by atoms with Gasteiger partial charge >= 0.3 is 11.9 Å². The second-order valence-corrected chi connectivity index (χ2v) is 6.10. The van der Waals surface area contributed by atoms with Crippen molar-refractivity contribution in [3.8, 4) is 0 Å². The van der Waals surface area contributed by atoms with Crippen LogP contribution in [0.3, 0.4) is 0 Å². The van der Waals surface area contributed by atoms with Gasteiger partial charge in [-0.2, -0.15) is 0 Å². The number of aryl methyl sites for hydroxylation is 1. The Morgan fingerprint density at radius 3 is 2.12 bits per heavy atom. The first-order valence-electron chi connectivity index (χ1n) is 7.96. The third-order valence-corrected chi connectivity index (χ3v) is 3.37. The molecule has 2 aromatic carbocycles. The zero-order chi connectivity index (χ0) is 17.5. The molecule has 4 nitrogen and oxygen atoms in total. The minimum Gasteiger partial charge on any atom is -0.462 e. The Hall–Kier alpha value is -2.62. The largest absolute Gasteiger partial charge is 0.462 e. The highest BCUT2D eigenvalue weighted by atomic mass is 16.5. The van der Waals surface area contributed by atoms with E-state index in [0.29, 0.717) is 6.61 Å². The lowest BCUT2D eigenvalue weighted by Crippen LogP contribution is -2.15. The fourth-order valence-electron chi connectivity index (χ4n) is 2.19. The number of rotatable bonds is 6. The van der Waals surface area contributed by atoms with E-state index >= 15 is 0 Å². The number of esters is 2. The average Bonchev–Trinajstić information content (AvgIpc) is 2.57. The molecule has 0 N–H and O–H groups in total. The molecule has 0 bridgehead atoms. The summed E-state index contributed by atoms with van der Waals surface area (Å²) in [7, 11) is 0. The minimum absolute atomic E-state index is 0.163. The van der Waals surface area contributed by atoms with E-state index in [-0.39, 0.29) is 23.7 Å². The van der Waals surface area contributed by atoms with Gasteiger partial charge in [0.25, 0.3) is 0 Å². The molecule has 0 aliphatic rings. The van der Waals surface area contributed by atoms with Crippen molar-refractivity contribution < 1.29 is 19.1 Å². The van der Waals surface area contributed by atoms with Gasteiger partial charge in [0.15, 0.2) is 0 Å². The third-order valence-electron chi connectivity index (χ3n) is 3.37. The zero-order valence-corrected chi connectivity index (χ0v) is 14.2. The molecule has 0 spiro atoms. The zero-order valence-electron chi connectivity index (χ0n) is 14.2. The van der Waals surface area contributed by atoms with Crippen molar-refractivity contribution in [2.24, 2.45) is 5.92 Å². The lowest BCUT2D eigenvalue weighted by Gasteiger charge is -2.11.